The van der Waals surface area contributed by atoms with Crippen molar-refractivity contribution in [2.24, 2.45) is 0 Å². The molecule has 1 saturated heterocycles. The number of aromatic amines is 1. The Morgan fingerprint density at radius 3 is 2.48 bits per heavy atom. The lowest BCUT2D eigenvalue weighted by Crippen LogP contribution is -2.30. The van der Waals surface area contributed by atoms with Crippen LogP contribution in [-0.2, 0) is 13.1 Å². The number of fused-ring (bicyclic) bond motifs is 1. The first-order chi connectivity index (χ1) is 13.2. The summed E-state index contributed by atoms with van der Waals surface area (Å²) in [5.74, 6) is 0.650. The molecule has 0 bridgehead atoms. The summed E-state index contributed by atoms with van der Waals surface area (Å²) in [5.41, 5.74) is 3.26. The number of rotatable bonds is 5. The highest BCUT2D eigenvalue weighted by Crippen LogP contribution is 2.23. The summed E-state index contributed by atoms with van der Waals surface area (Å²) in [4.78, 5) is 4.92. The Labute approximate surface area is 158 Å². The van der Waals surface area contributed by atoms with Gasteiger partial charge in [0.25, 0.3) is 0 Å². The Morgan fingerprint density at radius 1 is 1.00 bits per heavy atom. The minimum atomic E-state index is -0.176. The minimum Gasteiger partial charge on any atom is -0.497 e. The first kappa shape index (κ1) is 17.9. The third kappa shape index (κ3) is 4.28. The maximum absolute atomic E-state index is 13.1. The van der Waals surface area contributed by atoms with E-state index in [0.29, 0.717) is 0 Å². The number of ether oxygens (including phenoxy) is 1. The highest BCUT2D eigenvalue weighted by atomic mass is 19.1. The molecule has 1 aliphatic rings. The molecule has 0 saturated carbocycles. The zero-order valence-electron chi connectivity index (χ0n) is 15.6. The molecule has 2 heterocycles. The molecule has 4 rings (SSSR count). The molecular formula is C21H25FN4O. The lowest BCUT2D eigenvalue weighted by molar-refractivity contribution is 0.246. The van der Waals surface area contributed by atoms with Crippen molar-refractivity contribution in [3.63, 3.8) is 0 Å². The van der Waals surface area contributed by atoms with Crippen LogP contribution >= 0.6 is 0 Å². The van der Waals surface area contributed by atoms with Crippen LogP contribution in [0.5, 0.6) is 5.75 Å². The Balaban J connectivity index is 1.38. The average molecular weight is 368 g/mol. The molecule has 0 atom stereocenters. The van der Waals surface area contributed by atoms with Crippen molar-refractivity contribution in [3.8, 4) is 5.75 Å². The maximum atomic E-state index is 13.1. The van der Waals surface area contributed by atoms with E-state index in [-0.39, 0.29) is 5.82 Å². The largest absolute Gasteiger partial charge is 0.497 e. The third-order valence-electron chi connectivity index (χ3n) is 5.22. The summed E-state index contributed by atoms with van der Waals surface area (Å²) in [7, 11) is 1.67. The van der Waals surface area contributed by atoms with Gasteiger partial charge in [-0.1, -0.05) is 12.1 Å². The van der Waals surface area contributed by atoms with Gasteiger partial charge in [-0.15, -0.1) is 0 Å². The van der Waals surface area contributed by atoms with E-state index in [1.165, 1.54) is 17.7 Å². The van der Waals surface area contributed by atoms with Crippen LogP contribution in [0.25, 0.3) is 10.9 Å². The van der Waals surface area contributed by atoms with Crippen LogP contribution in [0.3, 0.4) is 0 Å². The SMILES string of the molecule is COc1ccc2c(CN3CCCN(Cc4ccc(F)cc4)CC3)[nH]nc2c1. The van der Waals surface area contributed by atoms with Gasteiger partial charge >= 0.3 is 0 Å². The molecule has 0 aliphatic carbocycles. The molecule has 0 radical (unpaired) electrons. The second-order valence-electron chi connectivity index (χ2n) is 7.12. The number of benzene rings is 2. The number of hydrogen-bond acceptors (Lipinski definition) is 4. The van der Waals surface area contributed by atoms with Crippen LogP contribution in [-0.4, -0.2) is 53.3 Å². The number of hydrogen-bond donors (Lipinski definition) is 1. The van der Waals surface area contributed by atoms with Gasteiger partial charge in [0.1, 0.15) is 11.6 Å². The number of methoxy groups -OCH3 is 1. The van der Waals surface area contributed by atoms with Crippen LogP contribution in [0, 0.1) is 5.82 Å². The second kappa shape index (κ2) is 8.06. The number of aromatic nitrogens is 2. The average Bonchev–Trinajstić information content (AvgIpc) is 2.95. The van der Waals surface area contributed by atoms with Gasteiger partial charge in [0.05, 0.1) is 18.3 Å². The van der Waals surface area contributed by atoms with Crippen molar-refractivity contribution in [1.29, 1.82) is 0 Å². The van der Waals surface area contributed by atoms with Crippen molar-refractivity contribution < 1.29 is 9.13 Å². The topological polar surface area (TPSA) is 44.4 Å². The van der Waals surface area contributed by atoms with Gasteiger partial charge in [-0.05, 0) is 49.3 Å². The quantitative estimate of drug-likeness (QED) is 0.750. The zero-order valence-corrected chi connectivity index (χ0v) is 15.6. The van der Waals surface area contributed by atoms with Crippen molar-refractivity contribution in [1.82, 2.24) is 20.0 Å². The van der Waals surface area contributed by atoms with Crippen LogP contribution in [0.1, 0.15) is 17.7 Å². The molecule has 142 valence electrons. The van der Waals surface area contributed by atoms with Crippen molar-refractivity contribution in [2.45, 2.75) is 19.5 Å². The van der Waals surface area contributed by atoms with Gasteiger partial charge in [0.15, 0.2) is 0 Å². The molecular weight excluding hydrogens is 343 g/mol. The van der Waals surface area contributed by atoms with Crippen molar-refractivity contribution >= 4 is 10.9 Å². The maximum Gasteiger partial charge on any atom is 0.123 e. The fourth-order valence-electron chi connectivity index (χ4n) is 3.71. The van der Waals surface area contributed by atoms with Gasteiger partial charge in [0, 0.05) is 37.6 Å². The van der Waals surface area contributed by atoms with E-state index >= 15 is 0 Å². The normalized spacial score (nSPS) is 16.5. The molecule has 0 amide bonds. The van der Waals surface area contributed by atoms with E-state index in [4.69, 9.17) is 4.74 Å². The molecule has 3 aromatic rings. The van der Waals surface area contributed by atoms with E-state index < -0.39 is 0 Å². The second-order valence-corrected chi connectivity index (χ2v) is 7.12. The number of halogens is 1. The standard InChI is InChI=1S/C21H25FN4O/c1-27-18-7-8-19-20(13-18)23-24-21(19)15-26-10-2-9-25(11-12-26)14-16-3-5-17(22)6-4-16/h3-8,13H,2,9-12,14-15H2,1H3,(H,23,24). The van der Waals surface area contributed by atoms with Gasteiger partial charge < -0.3 is 4.74 Å². The van der Waals surface area contributed by atoms with E-state index in [2.05, 4.69) is 26.1 Å². The van der Waals surface area contributed by atoms with Gasteiger partial charge in [-0.2, -0.15) is 5.10 Å². The summed E-state index contributed by atoms with van der Waals surface area (Å²) in [6, 6.07) is 12.9. The van der Waals surface area contributed by atoms with E-state index in [1.807, 2.05) is 24.3 Å². The predicted molar refractivity (Wildman–Crippen MR) is 104 cm³/mol. The minimum absolute atomic E-state index is 0.176. The first-order valence-electron chi connectivity index (χ1n) is 9.41. The Kier molecular flexibility index (Phi) is 5.36. The smallest absolute Gasteiger partial charge is 0.123 e. The third-order valence-corrected chi connectivity index (χ3v) is 5.22. The van der Waals surface area contributed by atoms with E-state index in [9.17, 15) is 4.39 Å². The first-order valence-corrected chi connectivity index (χ1v) is 9.41. The van der Waals surface area contributed by atoms with Gasteiger partial charge in [-0.25, -0.2) is 4.39 Å². The van der Waals surface area contributed by atoms with Crippen molar-refractivity contribution in [2.75, 3.05) is 33.3 Å². The zero-order chi connectivity index (χ0) is 18.6. The molecule has 1 N–H and O–H groups in total. The van der Waals surface area contributed by atoms with Crippen molar-refractivity contribution in [3.05, 3.63) is 59.5 Å². The summed E-state index contributed by atoms with van der Waals surface area (Å²) in [5, 5.41) is 8.77. The van der Waals surface area contributed by atoms with Crippen LogP contribution < -0.4 is 4.74 Å². The summed E-state index contributed by atoms with van der Waals surface area (Å²) >= 11 is 0. The van der Waals surface area contributed by atoms with Gasteiger partial charge in [-0.3, -0.25) is 14.9 Å². The molecule has 1 aromatic heterocycles. The Morgan fingerprint density at radius 2 is 1.74 bits per heavy atom. The molecule has 5 nitrogen and oxygen atoms in total. The molecule has 0 unspecified atom stereocenters. The number of nitrogens with zero attached hydrogens (tertiary/aromatic N) is 3. The van der Waals surface area contributed by atoms with Crippen LogP contribution in [0.4, 0.5) is 4.39 Å². The van der Waals surface area contributed by atoms with E-state index in [0.717, 1.165) is 68.0 Å². The van der Waals surface area contributed by atoms with Crippen LogP contribution in [0.2, 0.25) is 0 Å². The molecule has 1 fully saturated rings. The summed E-state index contributed by atoms with van der Waals surface area (Å²) in [6.45, 7) is 5.90. The molecule has 27 heavy (non-hydrogen) atoms. The molecule has 1 aliphatic heterocycles. The highest BCUT2D eigenvalue weighted by molar-refractivity contribution is 5.82. The molecule has 0 spiro atoms. The number of nitrogens with one attached hydrogen (secondary N) is 1. The summed E-state index contributed by atoms with van der Waals surface area (Å²) < 4.78 is 18.4. The number of H-pyrrole nitrogens is 1. The lowest BCUT2D eigenvalue weighted by Gasteiger charge is -2.21. The predicted octanol–water partition coefficient (Wildman–Crippen LogP) is 3.42. The molecule has 6 heteroatoms. The monoisotopic (exact) mass is 368 g/mol. The fraction of sp³-hybridized carbons (Fsp3) is 0.381. The highest BCUT2D eigenvalue weighted by Gasteiger charge is 2.17. The van der Waals surface area contributed by atoms with Crippen LogP contribution in [0.15, 0.2) is 42.5 Å². The molecule has 2 aromatic carbocycles. The summed E-state index contributed by atoms with van der Waals surface area (Å²) in [6.07, 6.45) is 1.13. The lowest BCUT2D eigenvalue weighted by atomic mass is 10.2. The fourth-order valence-corrected chi connectivity index (χ4v) is 3.71. The Hall–Kier alpha value is -2.44. The van der Waals surface area contributed by atoms with E-state index in [1.54, 1.807) is 7.11 Å². The Bertz CT molecular complexity index is 893. The van der Waals surface area contributed by atoms with Gasteiger partial charge in [0.2, 0.25) is 0 Å².